The van der Waals surface area contributed by atoms with Gasteiger partial charge in [-0.25, -0.2) is 0 Å². The number of hydrogen-bond acceptors (Lipinski definition) is 4. The van der Waals surface area contributed by atoms with Crippen LogP contribution in [0.15, 0.2) is 0 Å². The van der Waals surface area contributed by atoms with Crippen molar-refractivity contribution in [1.29, 1.82) is 0 Å². The van der Waals surface area contributed by atoms with Gasteiger partial charge in [0.15, 0.2) is 0 Å². The monoisotopic (exact) mass is 470 g/mol. The molecule has 0 fully saturated rings. The topological polar surface area (TPSA) is 66.8 Å². The van der Waals surface area contributed by atoms with E-state index in [-0.39, 0.29) is 19.2 Å². The predicted molar refractivity (Wildman–Crippen MR) is 141 cm³/mol. The zero-order valence-corrected chi connectivity index (χ0v) is 22.2. The Morgan fingerprint density at radius 3 is 1.18 bits per heavy atom. The molecule has 2 N–H and O–H groups in total. The first-order valence-corrected chi connectivity index (χ1v) is 14.6. The van der Waals surface area contributed by atoms with E-state index in [1.54, 1.807) is 0 Å². The van der Waals surface area contributed by atoms with E-state index >= 15 is 0 Å². The summed E-state index contributed by atoms with van der Waals surface area (Å²) in [5.74, 6) is -0.272. The van der Waals surface area contributed by atoms with Crippen molar-refractivity contribution in [2.24, 2.45) is 0 Å². The van der Waals surface area contributed by atoms with Crippen LogP contribution in [0.25, 0.3) is 0 Å². The van der Waals surface area contributed by atoms with Crippen LogP contribution in [0, 0.1) is 0 Å². The summed E-state index contributed by atoms with van der Waals surface area (Å²) in [5.41, 5.74) is 0. The third-order valence-corrected chi connectivity index (χ3v) is 6.63. The van der Waals surface area contributed by atoms with Crippen molar-refractivity contribution in [3.8, 4) is 0 Å². The fraction of sp³-hybridized carbons (Fsp3) is 0.966. The van der Waals surface area contributed by atoms with Crippen molar-refractivity contribution in [3.63, 3.8) is 0 Å². The van der Waals surface area contributed by atoms with E-state index in [0.29, 0.717) is 6.42 Å². The lowest BCUT2D eigenvalue weighted by Crippen LogP contribution is -2.21. The van der Waals surface area contributed by atoms with E-state index in [1.807, 2.05) is 0 Å². The Kier molecular flexibility index (Phi) is 27.1. The van der Waals surface area contributed by atoms with Crippen molar-refractivity contribution >= 4 is 5.97 Å². The summed E-state index contributed by atoms with van der Waals surface area (Å²) in [7, 11) is 0. The van der Waals surface area contributed by atoms with Gasteiger partial charge in [0.1, 0.15) is 12.7 Å². The zero-order valence-electron chi connectivity index (χ0n) is 22.2. The standard InChI is InChI=1S/C29H58O4/c1-2-3-4-5-6-7-8-9-10-11-12-13-14-15-16-17-18-19-20-21-22-23-24-25-29(32)33-27-28(31)26-30/h28,30-31H,2-27H2,1H3. The second-order valence-electron chi connectivity index (χ2n) is 10.0. The number of carbonyl (C=O) groups excluding carboxylic acids is 1. The fourth-order valence-electron chi connectivity index (χ4n) is 4.37. The van der Waals surface area contributed by atoms with Crippen LogP contribution in [0.2, 0.25) is 0 Å². The number of aliphatic hydroxyl groups is 2. The molecule has 0 spiro atoms. The molecule has 0 saturated carbocycles. The van der Waals surface area contributed by atoms with Crippen molar-refractivity contribution < 1.29 is 19.7 Å². The molecule has 1 atom stereocenters. The smallest absolute Gasteiger partial charge is 0.305 e. The van der Waals surface area contributed by atoms with E-state index in [9.17, 15) is 4.79 Å². The predicted octanol–water partition coefficient (Wildman–Crippen LogP) is 8.27. The molecule has 0 bridgehead atoms. The maximum atomic E-state index is 11.5. The third-order valence-electron chi connectivity index (χ3n) is 6.63. The number of hydrogen-bond donors (Lipinski definition) is 2. The van der Waals surface area contributed by atoms with Crippen molar-refractivity contribution in [2.45, 2.75) is 167 Å². The Balaban J connectivity index is 3.10. The van der Waals surface area contributed by atoms with Crippen LogP contribution in [0.1, 0.15) is 161 Å². The second kappa shape index (κ2) is 27.6. The highest BCUT2D eigenvalue weighted by molar-refractivity contribution is 5.69. The SMILES string of the molecule is CCCCCCCCCCCCCCCCCCCCCCCCCC(=O)OCC(O)CO. The molecule has 0 heterocycles. The van der Waals surface area contributed by atoms with E-state index in [4.69, 9.17) is 14.9 Å². The zero-order chi connectivity index (χ0) is 24.2. The average molecular weight is 471 g/mol. The number of carbonyl (C=O) groups is 1. The minimum atomic E-state index is -0.955. The summed E-state index contributed by atoms with van der Waals surface area (Å²) in [6.45, 7) is 1.82. The van der Waals surface area contributed by atoms with Crippen LogP contribution >= 0.6 is 0 Å². The molecule has 0 aliphatic rings. The molecular formula is C29H58O4. The van der Waals surface area contributed by atoms with E-state index < -0.39 is 6.10 Å². The molecule has 0 amide bonds. The van der Waals surface area contributed by atoms with Gasteiger partial charge in [-0.1, -0.05) is 148 Å². The Morgan fingerprint density at radius 2 is 0.879 bits per heavy atom. The quantitative estimate of drug-likeness (QED) is 0.0936. The van der Waals surface area contributed by atoms with Crippen LogP contribution in [0.4, 0.5) is 0 Å². The van der Waals surface area contributed by atoms with Crippen LogP contribution in [0.5, 0.6) is 0 Å². The molecule has 0 aromatic rings. The van der Waals surface area contributed by atoms with Gasteiger partial charge in [0.2, 0.25) is 0 Å². The van der Waals surface area contributed by atoms with Crippen molar-refractivity contribution in [3.05, 3.63) is 0 Å². The molecule has 4 nitrogen and oxygen atoms in total. The number of ether oxygens (including phenoxy) is 1. The van der Waals surface area contributed by atoms with Gasteiger partial charge >= 0.3 is 5.97 Å². The van der Waals surface area contributed by atoms with Crippen LogP contribution in [-0.2, 0) is 9.53 Å². The van der Waals surface area contributed by atoms with Gasteiger partial charge in [0.25, 0.3) is 0 Å². The van der Waals surface area contributed by atoms with Gasteiger partial charge in [-0.15, -0.1) is 0 Å². The maximum Gasteiger partial charge on any atom is 0.305 e. The Bertz CT molecular complexity index is 386. The van der Waals surface area contributed by atoms with E-state index in [1.165, 1.54) is 135 Å². The highest BCUT2D eigenvalue weighted by Crippen LogP contribution is 2.15. The lowest BCUT2D eigenvalue weighted by atomic mass is 10.0. The lowest BCUT2D eigenvalue weighted by Gasteiger charge is -2.08. The van der Waals surface area contributed by atoms with Gasteiger partial charge in [0.05, 0.1) is 6.61 Å². The molecule has 0 aromatic heterocycles. The summed E-state index contributed by atoms with van der Waals surface area (Å²) >= 11 is 0. The maximum absolute atomic E-state index is 11.5. The molecule has 33 heavy (non-hydrogen) atoms. The summed E-state index contributed by atoms with van der Waals surface area (Å²) in [5, 5.41) is 17.8. The Morgan fingerprint density at radius 1 is 0.576 bits per heavy atom. The molecule has 0 aromatic carbocycles. The normalized spacial score (nSPS) is 12.2. The fourth-order valence-corrected chi connectivity index (χ4v) is 4.37. The Hall–Kier alpha value is -0.610. The first-order chi connectivity index (χ1) is 16.2. The number of rotatable bonds is 27. The van der Waals surface area contributed by atoms with Gasteiger partial charge < -0.3 is 14.9 Å². The summed E-state index contributed by atoms with van der Waals surface area (Å²) < 4.78 is 4.90. The average Bonchev–Trinajstić information content (AvgIpc) is 2.82. The van der Waals surface area contributed by atoms with Crippen LogP contribution in [0.3, 0.4) is 0 Å². The second-order valence-corrected chi connectivity index (χ2v) is 10.0. The molecule has 0 aliphatic heterocycles. The van der Waals surface area contributed by atoms with Gasteiger partial charge in [-0.05, 0) is 6.42 Å². The van der Waals surface area contributed by atoms with Crippen LogP contribution < -0.4 is 0 Å². The highest BCUT2D eigenvalue weighted by atomic mass is 16.5. The first-order valence-electron chi connectivity index (χ1n) is 14.6. The molecule has 4 heteroatoms. The number of esters is 1. The third kappa shape index (κ3) is 27.5. The van der Waals surface area contributed by atoms with Gasteiger partial charge in [-0.3, -0.25) is 4.79 Å². The van der Waals surface area contributed by atoms with Crippen molar-refractivity contribution in [2.75, 3.05) is 13.2 Å². The number of aliphatic hydroxyl groups excluding tert-OH is 2. The highest BCUT2D eigenvalue weighted by Gasteiger charge is 2.07. The Labute approximate surface area is 206 Å². The summed E-state index contributed by atoms with van der Waals surface area (Å²) in [6.07, 6.45) is 30.8. The minimum absolute atomic E-state index is 0.102. The molecule has 0 saturated heterocycles. The lowest BCUT2D eigenvalue weighted by molar-refractivity contribution is -0.147. The van der Waals surface area contributed by atoms with E-state index in [0.717, 1.165) is 12.8 Å². The molecule has 1 unspecified atom stereocenters. The molecule has 0 rings (SSSR count). The first kappa shape index (κ1) is 32.4. The largest absolute Gasteiger partial charge is 0.463 e. The minimum Gasteiger partial charge on any atom is -0.463 e. The summed E-state index contributed by atoms with van der Waals surface area (Å²) in [4.78, 5) is 11.5. The van der Waals surface area contributed by atoms with Crippen LogP contribution in [-0.4, -0.2) is 35.5 Å². The van der Waals surface area contributed by atoms with Gasteiger partial charge in [-0.2, -0.15) is 0 Å². The molecular weight excluding hydrogens is 412 g/mol. The molecule has 0 aliphatic carbocycles. The van der Waals surface area contributed by atoms with Crippen molar-refractivity contribution in [1.82, 2.24) is 0 Å². The van der Waals surface area contributed by atoms with Gasteiger partial charge in [0, 0.05) is 6.42 Å². The number of unbranched alkanes of at least 4 members (excludes halogenated alkanes) is 22. The molecule has 198 valence electrons. The summed E-state index contributed by atoms with van der Waals surface area (Å²) in [6, 6.07) is 0. The van der Waals surface area contributed by atoms with E-state index in [2.05, 4.69) is 6.92 Å². The molecule has 0 radical (unpaired) electrons.